The summed E-state index contributed by atoms with van der Waals surface area (Å²) in [6, 6.07) is 56.0. The van der Waals surface area contributed by atoms with Crippen molar-refractivity contribution in [2.75, 3.05) is 0 Å². The first-order valence-corrected chi connectivity index (χ1v) is 19.3. The van der Waals surface area contributed by atoms with E-state index in [9.17, 15) is 0 Å². The number of fused-ring (bicyclic) bond motifs is 6. The van der Waals surface area contributed by atoms with Gasteiger partial charge in [-0.3, -0.25) is 0 Å². The molecule has 266 valence electrons. The number of nitrogens with zero attached hydrogens (tertiary/aromatic N) is 4. The van der Waals surface area contributed by atoms with Gasteiger partial charge < -0.3 is 0 Å². The second-order valence-corrected chi connectivity index (χ2v) is 14.7. The zero-order valence-electron chi connectivity index (χ0n) is 31.4. The highest BCUT2D eigenvalue weighted by atomic mass is 14.9. The molecule has 56 heavy (non-hydrogen) atoms. The van der Waals surface area contributed by atoms with Crippen LogP contribution in [0, 0.1) is 13.8 Å². The van der Waals surface area contributed by atoms with Gasteiger partial charge in [0.15, 0.2) is 11.6 Å². The summed E-state index contributed by atoms with van der Waals surface area (Å²) >= 11 is 0. The third-order valence-corrected chi connectivity index (χ3v) is 10.8. The molecule has 0 N–H and O–H groups in total. The molecule has 4 nitrogen and oxygen atoms in total. The molecular formula is C52H38N4. The Kier molecular flexibility index (Phi) is 8.37. The number of aromatic nitrogens is 4. The summed E-state index contributed by atoms with van der Waals surface area (Å²) in [7, 11) is 0. The van der Waals surface area contributed by atoms with Gasteiger partial charge in [-0.25, -0.2) is 19.9 Å². The fraction of sp³-hybridized carbons (Fsp3) is 0.0769. The number of allylic oxidation sites excluding steroid dienone is 1. The van der Waals surface area contributed by atoms with E-state index >= 15 is 0 Å². The number of hydrogen-bond donors (Lipinski definition) is 0. The number of aryl methyl sites for hydroxylation is 3. The van der Waals surface area contributed by atoms with E-state index in [1.165, 1.54) is 32.7 Å². The SMILES string of the molecule is Cc1cc(C)nc(-c2cccc(-c3cc(-c4ccc5c(c4)c4c(c6ccccc65)C=CCC4)cc(-c4nc(-c5ccccc5)cc(-c5ccccc5)n4)c3)c2)n1. The highest BCUT2D eigenvalue weighted by Gasteiger charge is 2.18. The standard InChI is InChI=1S/C52H38N4/c1-33-26-34(2)54-51(53-33)39-19-13-18-37(27-39)40-28-41(38-24-25-47-45-22-10-9-20-43(45)44-21-11-12-23-46(44)48(47)31-38)30-42(29-40)52-55-49(35-14-5-3-6-15-35)32-50(56-52)36-16-7-4-8-17-36/h3-11,13-22,24-32H,12,23H2,1-2H3. The van der Waals surface area contributed by atoms with Crippen LogP contribution < -0.4 is 0 Å². The molecule has 0 amide bonds. The molecule has 0 unspecified atom stereocenters. The van der Waals surface area contributed by atoms with Crippen LogP contribution in [0.4, 0.5) is 0 Å². The molecule has 0 bridgehead atoms. The van der Waals surface area contributed by atoms with Gasteiger partial charge in [0, 0.05) is 33.6 Å². The van der Waals surface area contributed by atoms with E-state index in [4.69, 9.17) is 19.9 Å². The Morgan fingerprint density at radius 2 is 0.911 bits per heavy atom. The van der Waals surface area contributed by atoms with Gasteiger partial charge in [-0.15, -0.1) is 0 Å². The maximum atomic E-state index is 5.26. The van der Waals surface area contributed by atoms with Crippen molar-refractivity contribution in [2.24, 2.45) is 0 Å². The molecule has 10 rings (SSSR count). The van der Waals surface area contributed by atoms with Crippen molar-refractivity contribution < 1.29 is 0 Å². The van der Waals surface area contributed by atoms with Crippen molar-refractivity contribution in [2.45, 2.75) is 26.7 Å². The van der Waals surface area contributed by atoms with Crippen molar-refractivity contribution >= 4 is 27.6 Å². The summed E-state index contributed by atoms with van der Waals surface area (Å²) in [6.45, 7) is 4.04. The Morgan fingerprint density at radius 1 is 0.375 bits per heavy atom. The largest absolute Gasteiger partial charge is 0.233 e. The molecule has 0 spiro atoms. The summed E-state index contributed by atoms with van der Waals surface area (Å²) in [5.74, 6) is 1.41. The lowest BCUT2D eigenvalue weighted by Crippen LogP contribution is -1.98. The third kappa shape index (κ3) is 6.25. The van der Waals surface area contributed by atoms with Gasteiger partial charge in [0.25, 0.3) is 0 Å². The first kappa shape index (κ1) is 33.5. The van der Waals surface area contributed by atoms with Gasteiger partial charge in [-0.1, -0.05) is 127 Å². The van der Waals surface area contributed by atoms with E-state index in [1.54, 1.807) is 0 Å². The summed E-state index contributed by atoms with van der Waals surface area (Å²) < 4.78 is 0. The molecule has 2 heterocycles. The Hall–Kier alpha value is -7.04. The van der Waals surface area contributed by atoms with E-state index < -0.39 is 0 Å². The molecule has 2 aromatic heterocycles. The van der Waals surface area contributed by atoms with E-state index in [0.29, 0.717) is 5.82 Å². The maximum absolute atomic E-state index is 5.26. The Morgan fingerprint density at radius 3 is 1.61 bits per heavy atom. The molecule has 9 aromatic rings. The first-order valence-electron chi connectivity index (χ1n) is 19.3. The maximum Gasteiger partial charge on any atom is 0.160 e. The van der Waals surface area contributed by atoms with Crippen LogP contribution in [0.25, 0.3) is 95.2 Å². The Labute approximate surface area is 327 Å². The summed E-state index contributed by atoms with van der Waals surface area (Å²) in [6.07, 6.45) is 6.70. The lowest BCUT2D eigenvalue weighted by molar-refractivity contribution is 1.00. The fourth-order valence-corrected chi connectivity index (χ4v) is 8.23. The lowest BCUT2D eigenvalue weighted by Gasteiger charge is -2.19. The predicted octanol–water partition coefficient (Wildman–Crippen LogP) is 13.2. The molecule has 0 atom stereocenters. The smallest absolute Gasteiger partial charge is 0.160 e. The number of rotatable bonds is 6. The van der Waals surface area contributed by atoms with E-state index in [0.717, 1.165) is 85.9 Å². The van der Waals surface area contributed by atoms with Crippen LogP contribution in [0.2, 0.25) is 0 Å². The molecule has 4 heteroatoms. The molecule has 1 aliphatic carbocycles. The topological polar surface area (TPSA) is 51.6 Å². The van der Waals surface area contributed by atoms with Gasteiger partial charge in [0.1, 0.15) is 0 Å². The van der Waals surface area contributed by atoms with Crippen molar-refractivity contribution in [1.29, 1.82) is 0 Å². The summed E-state index contributed by atoms with van der Waals surface area (Å²) in [4.78, 5) is 20.1. The average Bonchev–Trinajstić information content (AvgIpc) is 3.26. The molecular weight excluding hydrogens is 681 g/mol. The van der Waals surface area contributed by atoms with Crippen molar-refractivity contribution in [3.8, 4) is 67.5 Å². The zero-order valence-corrected chi connectivity index (χ0v) is 31.4. The second-order valence-electron chi connectivity index (χ2n) is 14.7. The molecule has 0 aliphatic heterocycles. The predicted molar refractivity (Wildman–Crippen MR) is 232 cm³/mol. The fourth-order valence-electron chi connectivity index (χ4n) is 8.23. The quantitative estimate of drug-likeness (QED) is 0.161. The molecule has 7 aromatic carbocycles. The van der Waals surface area contributed by atoms with Crippen LogP contribution in [0.3, 0.4) is 0 Å². The van der Waals surface area contributed by atoms with Gasteiger partial charge >= 0.3 is 0 Å². The van der Waals surface area contributed by atoms with E-state index in [1.807, 2.05) is 32.0 Å². The third-order valence-electron chi connectivity index (χ3n) is 10.8. The van der Waals surface area contributed by atoms with Gasteiger partial charge in [0.2, 0.25) is 0 Å². The minimum Gasteiger partial charge on any atom is -0.233 e. The van der Waals surface area contributed by atoms with Crippen molar-refractivity contribution in [3.63, 3.8) is 0 Å². The minimum absolute atomic E-state index is 0.677. The van der Waals surface area contributed by atoms with Crippen LogP contribution in [0.5, 0.6) is 0 Å². The first-order chi connectivity index (χ1) is 27.5. The van der Waals surface area contributed by atoms with Crippen LogP contribution in [0.15, 0.2) is 164 Å². The molecule has 0 saturated heterocycles. The lowest BCUT2D eigenvalue weighted by atomic mass is 9.85. The highest BCUT2D eigenvalue weighted by molar-refractivity contribution is 6.13. The van der Waals surface area contributed by atoms with Gasteiger partial charge in [-0.05, 0) is 124 Å². The van der Waals surface area contributed by atoms with Gasteiger partial charge in [0.05, 0.1) is 11.4 Å². The average molecular weight is 719 g/mol. The molecule has 0 radical (unpaired) electrons. The van der Waals surface area contributed by atoms with Crippen LogP contribution in [0.1, 0.15) is 28.9 Å². The Bertz CT molecular complexity index is 2910. The number of hydrogen-bond acceptors (Lipinski definition) is 4. The van der Waals surface area contributed by atoms with Crippen LogP contribution in [-0.4, -0.2) is 19.9 Å². The summed E-state index contributed by atoms with van der Waals surface area (Å²) in [5.41, 5.74) is 14.9. The zero-order chi connectivity index (χ0) is 37.6. The molecule has 1 aliphatic rings. The number of benzene rings is 7. The van der Waals surface area contributed by atoms with Crippen molar-refractivity contribution in [1.82, 2.24) is 19.9 Å². The second kappa shape index (κ2) is 14.0. The highest BCUT2D eigenvalue weighted by Crippen LogP contribution is 2.40. The Balaban J connectivity index is 1.21. The monoisotopic (exact) mass is 718 g/mol. The minimum atomic E-state index is 0.677. The summed E-state index contributed by atoms with van der Waals surface area (Å²) in [5, 5.41) is 5.22. The van der Waals surface area contributed by atoms with Gasteiger partial charge in [-0.2, -0.15) is 0 Å². The van der Waals surface area contributed by atoms with E-state index in [-0.39, 0.29) is 0 Å². The van der Waals surface area contributed by atoms with Crippen LogP contribution >= 0.6 is 0 Å². The van der Waals surface area contributed by atoms with Crippen molar-refractivity contribution in [3.05, 3.63) is 186 Å². The normalized spacial score (nSPS) is 12.2. The van der Waals surface area contributed by atoms with E-state index in [2.05, 4.69) is 152 Å². The van der Waals surface area contributed by atoms with Crippen LogP contribution in [-0.2, 0) is 6.42 Å². The molecule has 0 fully saturated rings. The molecule has 0 saturated carbocycles.